The number of hydrogen-bond donors (Lipinski definition) is 1. The summed E-state index contributed by atoms with van der Waals surface area (Å²) in [6.07, 6.45) is 2.06. The highest BCUT2D eigenvalue weighted by atomic mass is 15.1. The molecule has 1 radical (unpaired) electrons. The zero-order valence-electron chi connectivity index (χ0n) is 6.02. The van der Waals surface area contributed by atoms with Crippen LogP contribution < -0.4 is 0 Å². The van der Waals surface area contributed by atoms with Crippen LogP contribution in [-0.4, -0.2) is 10.2 Å². The van der Waals surface area contributed by atoms with Crippen LogP contribution in [0.3, 0.4) is 0 Å². The van der Waals surface area contributed by atoms with Gasteiger partial charge in [-0.1, -0.05) is 6.92 Å². The van der Waals surface area contributed by atoms with Crippen LogP contribution in [0.15, 0.2) is 0 Å². The van der Waals surface area contributed by atoms with Crippen LogP contribution in [0.4, 0.5) is 0 Å². The van der Waals surface area contributed by atoms with Crippen molar-refractivity contribution >= 4 is 0 Å². The third-order valence-corrected chi connectivity index (χ3v) is 1.47. The topological polar surface area (TPSA) is 28.7 Å². The minimum Gasteiger partial charge on any atom is -0.282 e. The SMILES string of the molecule is C[CH]c1c(C)n[nH]c1C. The van der Waals surface area contributed by atoms with Crippen LogP contribution in [0.25, 0.3) is 0 Å². The summed E-state index contributed by atoms with van der Waals surface area (Å²) in [6, 6.07) is 0. The average Bonchev–Trinajstić information content (AvgIpc) is 2.12. The smallest absolute Gasteiger partial charge is 0.0628 e. The average molecular weight is 123 g/mol. The summed E-state index contributed by atoms with van der Waals surface area (Å²) in [5.74, 6) is 0. The van der Waals surface area contributed by atoms with Gasteiger partial charge in [-0.25, -0.2) is 0 Å². The number of aromatic amines is 1. The number of aromatic nitrogens is 2. The lowest BCUT2D eigenvalue weighted by Gasteiger charge is -1.90. The van der Waals surface area contributed by atoms with Gasteiger partial charge < -0.3 is 0 Å². The molecule has 49 valence electrons. The molecule has 2 nitrogen and oxygen atoms in total. The highest BCUT2D eigenvalue weighted by molar-refractivity contribution is 5.29. The molecule has 0 aliphatic heterocycles. The predicted molar refractivity (Wildman–Crippen MR) is 37.1 cm³/mol. The molecule has 2 heteroatoms. The molecule has 0 spiro atoms. The highest BCUT2D eigenvalue weighted by Crippen LogP contribution is 2.09. The number of H-pyrrole nitrogens is 1. The van der Waals surface area contributed by atoms with E-state index in [2.05, 4.69) is 16.6 Å². The van der Waals surface area contributed by atoms with Gasteiger partial charge in [0.25, 0.3) is 0 Å². The van der Waals surface area contributed by atoms with Gasteiger partial charge in [0.05, 0.1) is 5.69 Å². The minimum absolute atomic E-state index is 1.08. The van der Waals surface area contributed by atoms with E-state index in [1.54, 1.807) is 0 Å². The van der Waals surface area contributed by atoms with Gasteiger partial charge >= 0.3 is 0 Å². The van der Waals surface area contributed by atoms with E-state index in [9.17, 15) is 0 Å². The fraction of sp³-hybridized carbons (Fsp3) is 0.429. The second kappa shape index (κ2) is 2.21. The first kappa shape index (κ1) is 6.33. The molecule has 0 saturated carbocycles. The monoisotopic (exact) mass is 123 g/mol. The predicted octanol–water partition coefficient (Wildman–Crippen LogP) is 1.60. The molecule has 0 amide bonds. The van der Waals surface area contributed by atoms with Crippen LogP contribution in [-0.2, 0) is 0 Å². The molecule has 1 rings (SSSR count). The molecule has 0 fully saturated rings. The molecule has 9 heavy (non-hydrogen) atoms. The van der Waals surface area contributed by atoms with Crippen LogP contribution in [0.1, 0.15) is 23.9 Å². The molecule has 1 aromatic heterocycles. The zero-order valence-corrected chi connectivity index (χ0v) is 6.02. The number of nitrogens with one attached hydrogen (secondary N) is 1. The van der Waals surface area contributed by atoms with E-state index >= 15 is 0 Å². The molecule has 0 atom stereocenters. The largest absolute Gasteiger partial charge is 0.282 e. The first-order valence-electron chi connectivity index (χ1n) is 3.06. The Morgan fingerprint density at radius 3 is 2.33 bits per heavy atom. The van der Waals surface area contributed by atoms with Crippen molar-refractivity contribution in [3.05, 3.63) is 23.4 Å². The fourth-order valence-corrected chi connectivity index (χ4v) is 0.985. The van der Waals surface area contributed by atoms with Gasteiger partial charge in [-0.15, -0.1) is 0 Å². The van der Waals surface area contributed by atoms with Crippen molar-refractivity contribution in [3.63, 3.8) is 0 Å². The lowest BCUT2D eigenvalue weighted by molar-refractivity contribution is 1.02. The standard InChI is InChI=1S/C7H11N2/c1-4-7-5(2)8-9-6(7)3/h4H,1-3H3,(H,8,9). The van der Waals surface area contributed by atoms with Crippen LogP contribution >= 0.6 is 0 Å². The van der Waals surface area contributed by atoms with Crippen molar-refractivity contribution < 1.29 is 0 Å². The number of nitrogens with zero attached hydrogens (tertiary/aromatic N) is 1. The fourth-order valence-electron chi connectivity index (χ4n) is 0.985. The third-order valence-electron chi connectivity index (χ3n) is 1.47. The maximum absolute atomic E-state index is 4.03. The summed E-state index contributed by atoms with van der Waals surface area (Å²) in [6.45, 7) is 6.04. The molecule has 0 aliphatic carbocycles. The summed E-state index contributed by atoms with van der Waals surface area (Å²) in [5.41, 5.74) is 3.46. The molecule has 1 heterocycles. The molecule has 0 saturated heterocycles. The first-order valence-corrected chi connectivity index (χ1v) is 3.06. The Balaban J connectivity index is 3.07. The Labute approximate surface area is 55.3 Å². The van der Waals surface area contributed by atoms with Crippen LogP contribution in [0, 0.1) is 20.3 Å². The van der Waals surface area contributed by atoms with Crippen molar-refractivity contribution in [2.75, 3.05) is 0 Å². The molecular formula is C7H11N2. The van der Waals surface area contributed by atoms with Gasteiger partial charge in [0, 0.05) is 5.69 Å². The van der Waals surface area contributed by atoms with Crippen molar-refractivity contribution in [2.24, 2.45) is 0 Å². The van der Waals surface area contributed by atoms with Gasteiger partial charge in [-0.05, 0) is 25.8 Å². The number of rotatable bonds is 1. The summed E-state index contributed by atoms with van der Waals surface area (Å²) in [4.78, 5) is 0. The lowest BCUT2D eigenvalue weighted by atomic mass is 10.1. The number of aryl methyl sites for hydroxylation is 2. The molecule has 0 aromatic carbocycles. The van der Waals surface area contributed by atoms with E-state index in [1.165, 1.54) is 5.56 Å². The zero-order chi connectivity index (χ0) is 6.85. The minimum atomic E-state index is 1.08. The van der Waals surface area contributed by atoms with Crippen molar-refractivity contribution in [1.82, 2.24) is 10.2 Å². The Kier molecular flexibility index (Phi) is 1.56. The quantitative estimate of drug-likeness (QED) is 0.603. The van der Waals surface area contributed by atoms with Gasteiger partial charge in [-0.3, -0.25) is 5.10 Å². The van der Waals surface area contributed by atoms with Crippen molar-refractivity contribution in [3.8, 4) is 0 Å². The van der Waals surface area contributed by atoms with Crippen LogP contribution in [0.2, 0.25) is 0 Å². The van der Waals surface area contributed by atoms with Gasteiger partial charge in [0.1, 0.15) is 0 Å². The molecule has 1 aromatic rings. The Morgan fingerprint density at radius 2 is 2.11 bits per heavy atom. The molecular weight excluding hydrogens is 112 g/mol. The van der Waals surface area contributed by atoms with E-state index in [0.29, 0.717) is 0 Å². The summed E-state index contributed by atoms with van der Waals surface area (Å²) in [7, 11) is 0. The Morgan fingerprint density at radius 1 is 1.44 bits per heavy atom. The summed E-state index contributed by atoms with van der Waals surface area (Å²) in [5, 5.41) is 6.94. The van der Waals surface area contributed by atoms with Crippen molar-refractivity contribution in [1.29, 1.82) is 0 Å². The van der Waals surface area contributed by atoms with Gasteiger partial charge in [0.15, 0.2) is 0 Å². The Hall–Kier alpha value is -0.790. The van der Waals surface area contributed by atoms with E-state index in [-0.39, 0.29) is 0 Å². The van der Waals surface area contributed by atoms with Crippen LogP contribution in [0.5, 0.6) is 0 Å². The normalized spacial score (nSPS) is 10.1. The second-order valence-corrected chi connectivity index (χ2v) is 2.14. The molecule has 0 bridgehead atoms. The van der Waals surface area contributed by atoms with E-state index < -0.39 is 0 Å². The molecule has 0 aliphatic rings. The maximum atomic E-state index is 4.03. The number of hydrogen-bond acceptors (Lipinski definition) is 1. The lowest BCUT2D eigenvalue weighted by Crippen LogP contribution is -1.80. The molecule has 1 N–H and O–H groups in total. The van der Waals surface area contributed by atoms with E-state index in [4.69, 9.17) is 0 Å². The summed E-state index contributed by atoms with van der Waals surface area (Å²) >= 11 is 0. The summed E-state index contributed by atoms with van der Waals surface area (Å²) < 4.78 is 0. The highest BCUT2D eigenvalue weighted by Gasteiger charge is 2.01. The van der Waals surface area contributed by atoms with Gasteiger partial charge in [0.2, 0.25) is 0 Å². The van der Waals surface area contributed by atoms with Crippen molar-refractivity contribution in [2.45, 2.75) is 20.8 Å². The molecule has 0 unspecified atom stereocenters. The third kappa shape index (κ3) is 0.969. The van der Waals surface area contributed by atoms with E-state index in [0.717, 1.165) is 11.4 Å². The Bertz CT molecular complexity index is 181. The van der Waals surface area contributed by atoms with Gasteiger partial charge in [-0.2, -0.15) is 5.10 Å². The first-order chi connectivity index (χ1) is 4.25. The maximum Gasteiger partial charge on any atom is 0.0628 e. The second-order valence-electron chi connectivity index (χ2n) is 2.14. The van der Waals surface area contributed by atoms with E-state index in [1.807, 2.05) is 20.8 Å².